The van der Waals surface area contributed by atoms with Crippen molar-refractivity contribution in [3.63, 3.8) is 0 Å². The predicted molar refractivity (Wildman–Crippen MR) is 90.1 cm³/mol. The van der Waals surface area contributed by atoms with E-state index < -0.39 is 0 Å². The number of aliphatic hydroxyl groups is 1. The first-order valence-corrected chi connectivity index (χ1v) is 8.46. The van der Waals surface area contributed by atoms with Crippen molar-refractivity contribution in [2.24, 2.45) is 5.92 Å². The van der Waals surface area contributed by atoms with Crippen molar-refractivity contribution in [3.8, 4) is 5.75 Å². The van der Waals surface area contributed by atoms with Crippen LogP contribution in [0.3, 0.4) is 0 Å². The average Bonchev–Trinajstić information content (AvgIpc) is 2.51. The molecule has 23 heavy (non-hydrogen) atoms. The third-order valence-corrected chi connectivity index (χ3v) is 4.29. The van der Waals surface area contributed by atoms with E-state index in [1.165, 1.54) is 0 Å². The topological polar surface area (TPSA) is 72.8 Å². The molecule has 0 spiro atoms. The van der Waals surface area contributed by atoms with Crippen molar-refractivity contribution in [2.75, 3.05) is 6.54 Å². The molecule has 0 aliphatic heterocycles. The Morgan fingerprint density at radius 1 is 1.30 bits per heavy atom. The summed E-state index contributed by atoms with van der Waals surface area (Å²) in [6.07, 6.45) is 2.86. The van der Waals surface area contributed by atoms with Crippen LogP contribution in [-0.4, -0.2) is 39.8 Å². The molecule has 0 saturated heterocycles. The van der Waals surface area contributed by atoms with Gasteiger partial charge < -0.3 is 20.4 Å². The first kappa shape index (κ1) is 17.6. The highest BCUT2D eigenvalue weighted by Gasteiger charge is 2.28. The summed E-state index contributed by atoms with van der Waals surface area (Å²) in [5.41, 5.74) is 0.913. The fourth-order valence-corrected chi connectivity index (χ4v) is 2.98. The highest BCUT2D eigenvalue weighted by atomic mass is 16.3. The number of benzene rings is 1. The van der Waals surface area contributed by atoms with Gasteiger partial charge in [-0.25, -0.2) is 4.79 Å². The summed E-state index contributed by atoms with van der Waals surface area (Å²) < 4.78 is 0. The first-order valence-electron chi connectivity index (χ1n) is 8.46. The Morgan fingerprint density at radius 2 is 2.00 bits per heavy atom. The van der Waals surface area contributed by atoms with E-state index in [-0.39, 0.29) is 23.9 Å². The van der Waals surface area contributed by atoms with Gasteiger partial charge in [-0.15, -0.1) is 0 Å². The Hall–Kier alpha value is -1.75. The Morgan fingerprint density at radius 3 is 2.61 bits per heavy atom. The molecule has 1 aliphatic carbocycles. The van der Waals surface area contributed by atoms with Gasteiger partial charge in [0.25, 0.3) is 0 Å². The minimum atomic E-state index is -0.243. The lowest BCUT2D eigenvalue weighted by atomic mass is 9.92. The second kappa shape index (κ2) is 8.20. The van der Waals surface area contributed by atoms with E-state index in [0.717, 1.165) is 31.2 Å². The number of hydrogen-bond acceptors (Lipinski definition) is 3. The molecule has 0 radical (unpaired) electrons. The molecule has 1 fully saturated rings. The Labute approximate surface area is 138 Å². The normalized spacial score (nSPS) is 21.2. The summed E-state index contributed by atoms with van der Waals surface area (Å²) in [5.74, 6) is 0.610. The Balaban J connectivity index is 2.08. The van der Waals surface area contributed by atoms with Crippen LogP contribution in [0.4, 0.5) is 4.79 Å². The highest BCUT2D eigenvalue weighted by Crippen LogP contribution is 2.25. The van der Waals surface area contributed by atoms with Crippen molar-refractivity contribution in [3.05, 3.63) is 29.8 Å². The minimum absolute atomic E-state index is 0.0663. The van der Waals surface area contributed by atoms with Gasteiger partial charge in [0.05, 0.1) is 6.10 Å². The minimum Gasteiger partial charge on any atom is -0.508 e. The van der Waals surface area contributed by atoms with Gasteiger partial charge in [-0.3, -0.25) is 0 Å². The molecule has 0 atom stereocenters. The molecule has 2 amide bonds. The second-order valence-electron chi connectivity index (χ2n) is 6.84. The quantitative estimate of drug-likeness (QED) is 0.781. The summed E-state index contributed by atoms with van der Waals surface area (Å²) in [4.78, 5) is 14.5. The monoisotopic (exact) mass is 320 g/mol. The summed E-state index contributed by atoms with van der Waals surface area (Å²) in [7, 11) is 0. The van der Waals surface area contributed by atoms with Crippen LogP contribution in [0.1, 0.15) is 45.1 Å². The van der Waals surface area contributed by atoms with Crippen LogP contribution >= 0.6 is 0 Å². The maximum absolute atomic E-state index is 12.6. The second-order valence-corrected chi connectivity index (χ2v) is 6.84. The molecule has 1 aromatic rings. The molecule has 0 unspecified atom stereocenters. The van der Waals surface area contributed by atoms with E-state index in [1.54, 1.807) is 18.2 Å². The molecular weight excluding hydrogens is 292 g/mol. The van der Waals surface area contributed by atoms with E-state index in [1.807, 2.05) is 11.0 Å². The maximum atomic E-state index is 12.6. The number of aliphatic hydroxyl groups excluding tert-OH is 1. The van der Waals surface area contributed by atoms with Gasteiger partial charge in [-0.2, -0.15) is 0 Å². The summed E-state index contributed by atoms with van der Waals surface area (Å²) in [6, 6.07) is 7.10. The first-order chi connectivity index (χ1) is 11.0. The molecule has 1 aromatic carbocycles. The summed E-state index contributed by atoms with van der Waals surface area (Å²) in [6.45, 7) is 5.25. The van der Waals surface area contributed by atoms with E-state index >= 15 is 0 Å². The number of phenolic OH excluding ortho intramolecular Hbond substituents is 1. The van der Waals surface area contributed by atoms with Crippen LogP contribution in [0, 0.1) is 5.92 Å². The van der Waals surface area contributed by atoms with Crippen LogP contribution in [-0.2, 0) is 6.54 Å². The average molecular weight is 320 g/mol. The zero-order valence-electron chi connectivity index (χ0n) is 14.0. The number of hydrogen-bond donors (Lipinski definition) is 3. The van der Waals surface area contributed by atoms with E-state index in [2.05, 4.69) is 19.2 Å². The number of carbonyl (C=O) groups is 1. The molecule has 0 aromatic heterocycles. The summed E-state index contributed by atoms with van der Waals surface area (Å²) >= 11 is 0. The number of phenols is 1. The smallest absolute Gasteiger partial charge is 0.317 e. The number of amides is 2. The van der Waals surface area contributed by atoms with Gasteiger partial charge in [-0.05, 0) is 49.3 Å². The number of nitrogens with one attached hydrogen (secondary N) is 1. The van der Waals surface area contributed by atoms with Crippen molar-refractivity contribution in [1.82, 2.24) is 10.2 Å². The van der Waals surface area contributed by atoms with Crippen molar-refractivity contribution in [2.45, 2.75) is 58.2 Å². The van der Waals surface area contributed by atoms with Gasteiger partial charge >= 0.3 is 6.03 Å². The van der Waals surface area contributed by atoms with Crippen LogP contribution in [0.25, 0.3) is 0 Å². The number of urea groups is 1. The molecule has 0 heterocycles. The SMILES string of the molecule is CC(C)CNC(=O)N(Cc1cccc(O)c1)C1CCC(O)CC1. The number of carbonyl (C=O) groups excluding carboxylic acids is 1. The number of rotatable bonds is 5. The van der Waals surface area contributed by atoms with Crippen LogP contribution in [0.5, 0.6) is 5.75 Å². The van der Waals surface area contributed by atoms with Gasteiger partial charge in [0.2, 0.25) is 0 Å². The lowest BCUT2D eigenvalue weighted by Crippen LogP contribution is -2.48. The largest absolute Gasteiger partial charge is 0.508 e. The lowest BCUT2D eigenvalue weighted by Gasteiger charge is -2.36. The van der Waals surface area contributed by atoms with Gasteiger partial charge in [0, 0.05) is 19.1 Å². The standard InChI is InChI=1S/C18H28N2O3/c1-13(2)11-19-18(23)20(15-6-8-16(21)9-7-15)12-14-4-3-5-17(22)10-14/h3-5,10,13,15-16,21-22H,6-9,11-12H2,1-2H3,(H,19,23). The summed E-state index contributed by atoms with van der Waals surface area (Å²) in [5, 5.41) is 22.3. The van der Waals surface area contributed by atoms with Crippen LogP contribution in [0.15, 0.2) is 24.3 Å². The van der Waals surface area contributed by atoms with Crippen LogP contribution < -0.4 is 5.32 Å². The lowest BCUT2D eigenvalue weighted by molar-refractivity contribution is 0.0816. The molecule has 3 N–H and O–H groups in total. The fourth-order valence-electron chi connectivity index (χ4n) is 2.98. The molecule has 128 valence electrons. The third-order valence-electron chi connectivity index (χ3n) is 4.29. The maximum Gasteiger partial charge on any atom is 0.317 e. The van der Waals surface area contributed by atoms with Crippen molar-refractivity contribution >= 4 is 6.03 Å². The molecule has 1 aliphatic rings. The Bertz CT molecular complexity index is 511. The van der Waals surface area contributed by atoms with E-state index in [9.17, 15) is 15.0 Å². The highest BCUT2D eigenvalue weighted by molar-refractivity contribution is 5.74. The zero-order chi connectivity index (χ0) is 16.8. The van der Waals surface area contributed by atoms with E-state index in [4.69, 9.17) is 0 Å². The molecule has 0 bridgehead atoms. The molecule has 5 heteroatoms. The molecule has 1 saturated carbocycles. The number of nitrogens with zero attached hydrogens (tertiary/aromatic N) is 1. The van der Waals surface area contributed by atoms with Crippen molar-refractivity contribution < 1.29 is 15.0 Å². The molecule has 2 rings (SSSR count). The Kier molecular flexibility index (Phi) is 6.28. The predicted octanol–water partition coefficient (Wildman–Crippen LogP) is 2.86. The molecular formula is C18H28N2O3. The van der Waals surface area contributed by atoms with Gasteiger partial charge in [-0.1, -0.05) is 26.0 Å². The third kappa shape index (κ3) is 5.43. The number of aromatic hydroxyl groups is 1. The zero-order valence-corrected chi connectivity index (χ0v) is 14.0. The van der Waals surface area contributed by atoms with Crippen molar-refractivity contribution in [1.29, 1.82) is 0 Å². The van der Waals surface area contributed by atoms with Crippen LogP contribution in [0.2, 0.25) is 0 Å². The fraction of sp³-hybridized carbons (Fsp3) is 0.611. The van der Waals surface area contributed by atoms with E-state index in [0.29, 0.717) is 19.0 Å². The van der Waals surface area contributed by atoms with Gasteiger partial charge in [0.15, 0.2) is 0 Å². The van der Waals surface area contributed by atoms with Gasteiger partial charge in [0.1, 0.15) is 5.75 Å². The molecule has 5 nitrogen and oxygen atoms in total.